The molecule has 0 fully saturated rings. The number of carbonyl (C=O) groups excluding carboxylic acids is 2. The molecule has 0 bridgehead atoms. The lowest BCUT2D eigenvalue weighted by molar-refractivity contribution is 0.0958. The molecular weight excluding hydrogens is 316 g/mol. The van der Waals surface area contributed by atoms with Gasteiger partial charge < -0.3 is 10.4 Å². The van der Waals surface area contributed by atoms with Crippen LogP contribution in [-0.4, -0.2) is 34.9 Å². The van der Waals surface area contributed by atoms with E-state index in [-0.39, 0.29) is 17.4 Å². The third kappa shape index (κ3) is 5.80. The quantitative estimate of drug-likeness (QED) is 0.724. The molecule has 1 heterocycles. The first-order chi connectivity index (χ1) is 12.0. The number of pyridine rings is 1. The molecule has 2 N–H and O–H groups in total. The van der Waals surface area contributed by atoms with E-state index in [0.29, 0.717) is 36.9 Å². The first kappa shape index (κ1) is 18.8. The smallest absolute Gasteiger partial charge is 0.269 e. The van der Waals surface area contributed by atoms with Crippen molar-refractivity contribution < 1.29 is 14.7 Å². The van der Waals surface area contributed by atoms with Crippen molar-refractivity contribution in [2.75, 3.05) is 7.05 Å². The van der Waals surface area contributed by atoms with Gasteiger partial charge in [0.15, 0.2) is 5.78 Å². The topological polar surface area (TPSA) is 79.3 Å². The molecule has 132 valence electrons. The van der Waals surface area contributed by atoms with Crippen molar-refractivity contribution in [3.8, 4) is 0 Å². The van der Waals surface area contributed by atoms with Crippen LogP contribution in [0.4, 0.5) is 0 Å². The molecule has 1 amide bonds. The highest BCUT2D eigenvalue weighted by Gasteiger charge is 2.14. The highest BCUT2D eigenvalue weighted by molar-refractivity contribution is 5.99. The molecule has 0 saturated heterocycles. The van der Waals surface area contributed by atoms with Crippen LogP contribution in [0.3, 0.4) is 0 Å². The molecule has 0 spiro atoms. The summed E-state index contributed by atoms with van der Waals surface area (Å²) in [6.45, 7) is 1.71. The van der Waals surface area contributed by atoms with Crippen molar-refractivity contribution in [3.63, 3.8) is 0 Å². The Labute approximate surface area is 148 Å². The lowest BCUT2D eigenvalue weighted by atomic mass is 10.0. The van der Waals surface area contributed by atoms with Gasteiger partial charge in [-0.2, -0.15) is 0 Å². The molecule has 0 saturated carbocycles. The van der Waals surface area contributed by atoms with E-state index in [1.807, 2.05) is 30.3 Å². The number of Topliss-reactive ketones (excluding diaryl/α,β-unsaturated/α-hetero) is 1. The van der Waals surface area contributed by atoms with Gasteiger partial charge in [0.2, 0.25) is 0 Å². The van der Waals surface area contributed by atoms with Crippen molar-refractivity contribution in [2.45, 2.75) is 38.7 Å². The Kier molecular flexibility index (Phi) is 6.83. The van der Waals surface area contributed by atoms with E-state index < -0.39 is 6.10 Å². The average molecular weight is 340 g/mol. The van der Waals surface area contributed by atoms with Gasteiger partial charge in [-0.15, -0.1) is 0 Å². The molecule has 1 atom stereocenters. The minimum absolute atomic E-state index is 0.0393. The monoisotopic (exact) mass is 340 g/mol. The maximum atomic E-state index is 12.5. The van der Waals surface area contributed by atoms with Gasteiger partial charge in [-0.05, 0) is 37.5 Å². The molecule has 2 aromatic rings. The van der Waals surface area contributed by atoms with Crippen LogP contribution in [0, 0.1) is 0 Å². The Morgan fingerprint density at radius 2 is 1.92 bits per heavy atom. The Morgan fingerprint density at radius 1 is 1.20 bits per heavy atom. The van der Waals surface area contributed by atoms with Crippen LogP contribution in [0.15, 0.2) is 42.5 Å². The zero-order chi connectivity index (χ0) is 18.2. The largest absolute Gasteiger partial charge is 0.393 e. The Hall–Kier alpha value is -2.53. The van der Waals surface area contributed by atoms with Crippen LogP contribution in [0.25, 0.3) is 0 Å². The van der Waals surface area contributed by atoms with Gasteiger partial charge in [-0.1, -0.05) is 30.3 Å². The van der Waals surface area contributed by atoms with Gasteiger partial charge in [0.1, 0.15) is 5.69 Å². The zero-order valence-corrected chi connectivity index (χ0v) is 14.7. The first-order valence-corrected chi connectivity index (χ1v) is 8.48. The van der Waals surface area contributed by atoms with Crippen LogP contribution in [-0.2, 0) is 6.42 Å². The maximum Gasteiger partial charge on any atom is 0.269 e. The number of rotatable bonds is 8. The van der Waals surface area contributed by atoms with Gasteiger partial charge >= 0.3 is 0 Å². The SMILES string of the molecule is CNC(=O)c1cc(C(=O)CCCC(C)O)cc(Cc2ccccc2)n1. The number of ketones is 1. The first-order valence-electron chi connectivity index (χ1n) is 8.48. The number of carbonyl (C=O) groups is 2. The Bertz CT molecular complexity index is 727. The molecule has 1 unspecified atom stereocenters. The summed E-state index contributed by atoms with van der Waals surface area (Å²) in [7, 11) is 1.54. The summed E-state index contributed by atoms with van der Waals surface area (Å²) in [5.41, 5.74) is 2.49. The highest BCUT2D eigenvalue weighted by Crippen LogP contribution is 2.15. The predicted octanol–water partition coefficient (Wildman–Crippen LogP) is 2.77. The fourth-order valence-corrected chi connectivity index (χ4v) is 2.59. The van der Waals surface area contributed by atoms with Gasteiger partial charge in [-0.25, -0.2) is 4.98 Å². The Morgan fingerprint density at radius 3 is 2.56 bits per heavy atom. The van der Waals surface area contributed by atoms with E-state index >= 15 is 0 Å². The molecular formula is C20H24N2O3. The van der Waals surface area contributed by atoms with Gasteiger partial charge in [0, 0.05) is 31.1 Å². The van der Waals surface area contributed by atoms with Crippen molar-refractivity contribution in [1.29, 1.82) is 0 Å². The molecule has 0 radical (unpaired) electrons. The van der Waals surface area contributed by atoms with E-state index in [4.69, 9.17) is 0 Å². The molecule has 0 aliphatic carbocycles. The molecule has 25 heavy (non-hydrogen) atoms. The lowest BCUT2D eigenvalue weighted by Crippen LogP contribution is -2.20. The van der Waals surface area contributed by atoms with Crippen LogP contribution >= 0.6 is 0 Å². The number of aliphatic hydroxyl groups is 1. The van der Waals surface area contributed by atoms with Crippen molar-refractivity contribution in [2.24, 2.45) is 0 Å². The maximum absolute atomic E-state index is 12.5. The molecule has 1 aromatic heterocycles. The molecule has 5 heteroatoms. The van der Waals surface area contributed by atoms with Crippen molar-refractivity contribution in [1.82, 2.24) is 10.3 Å². The zero-order valence-electron chi connectivity index (χ0n) is 14.7. The summed E-state index contributed by atoms with van der Waals surface area (Å²) in [5, 5.41) is 11.9. The average Bonchev–Trinajstić information content (AvgIpc) is 2.61. The second-order valence-corrected chi connectivity index (χ2v) is 6.14. The normalized spacial score (nSPS) is 11.8. The molecule has 1 aromatic carbocycles. The highest BCUT2D eigenvalue weighted by atomic mass is 16.3. The number of amides is 1. The minimum atomic E-state index is -0.416. The lowest BCUT2D eigenvalue weighted by Gasteiger charge is -2.09. The fourth-order valence-electron chi connectivity index (χ4n) is 2.59. The molecule has 5 nitrogen and oxygen atoms in total. The number of aliphatic hydroxyl groups excluding tert-OH is 1. The molecule has 2 rings (SSSR count). The summed E-state index contributed by atoms with van der Waals surface area (Å²) < 4.78 is 0. The summed E-state index contributed by atoms with van der Waals surface area (Å²) in [6, 6.07) is 13.1. The van der Waals surface area contributed by atoms with Crippen LogP contribution in [0.1, 0.15) is 58.3 Å². The van der Waals surface area contributed by atoms with E-state index in [2.05, 4.69) is 10.3 Å². The number of hydrogen-bond acceptors (Lipinski definition) is 4. The van der Waals surface area contributed by atoms with Crippen LogP contribution in [0.2, 0.25) is 0 Å². The summed E-state index contributed by atoms with van der Waals surface area (Å²) in [4.78, 5) is 28.8. The minimum Gasteiger partial charge on any atom is -0.393 e. The van der Waals surface area contributed by atoms with Crippen molar-refractivity contribution in [3.05, 3.63) is 65.0 Å². The third-order valence-electron chi connectivity index (χ3n) is 3.91. The van der Waals surface area contributed by atoms with E-state index in [1.165, 1.54) is 13.1 Å². The second kappa shape index (κ2) is 9.08. The number of aromatic nitrogens is 1. The van der Waals surface area contributed by atoms with E-state index in [0.717, 1.165) is 5.56 Å². The second-order valence-electron chi connectivity index (χ2n) is 6.14. The van der Waals surface area contributed by atoms with E-state index in [1.54, 1.807) is 13.0 Å². The molecule has 0 aliphatic heterocycles. The van der Waals surface area contributed by atoms with Crippen LogP contribution in [0.5, 0.6) is 0 Å². The number of benzene rings is 1. The summed E-state index contributed by atoms with van der Waals surface area (Å²) in [5.74, 6) is -0.351. The van der Waals surface area contributed by atoms with Crippen molar-refractivity contribution >= 4 is 11.7 Å². The van der Waals surface area contributed by atoms with Gasteiger partial charge in [-0.3, -0.25) is 9.59 Å². The fraction of sp³-hybridized carbons (Fsp3) is 0.350. The molecule has 0 aliphatic rings. The van der Waals surface area contributed by atoms with E-state index in [9.17, 15) is 14.7 Å². The van der Waals surface area contributed by atoms with Crippen LogP contribution < -0.4 is 5.32 Å². The number of nitrogens with one attached hydrogen (secondary N) is 1. The van der Waals surface area contributed by atoms with Gasteiger partial charge in [0.05, 0.1) is 6.10 Å². The Balaban J connectivity index is 2.24. The summed E-state index contributed by atoms with van der Waals surface area (Å²) >= 11 is 0. The third-order valence-corrected chi connectivity index (χ3v) is 3.91. The summed E-state index contributed by atoms with van der Waals surface area (Å²) in [6.07, 6.45) is 1.67. The number of hydrogen-bond donors (Lipinski definition) is 2. The number of nitrogens with zero attached hydrogens (tertiary/aromatic N) is 1. The van der Waals surface area contributed by atoms with Gasteiger partial charge in [0.25, 0.3) is 5.91 Å². The predicted molar refractivity (Wildman–Crippen MR) is 96.7 cm³/mol. The standard InChI is InChI=1S/C20H24N2O3/c1-14(23)7-6-10-19(24)16-12-17(11-15-8-4-3-5-9-15)22-18(13-16)20(25)21-2/h3-5,8-9,12-14,23H,6-7,10-11H2,1-2H3,(H,21,25).